The quantitative estimate of drug-likeness (QED) is 0.887. The van der Waals surface area contributed by atoms with Crippen molar-refractivity contribution in [2.24, 2.45) is 5.41 Å². The van der Waals surface area contributed by atoms with Gasteiger partial charge in [-0.05, 0) is 12.3 Å². The second-order valence-electron chi connectivity index (χ2n) is 7.88. The zero-order chi connectivity index (χ0) is 18.3. The van der Waals surface area contributed by atoms with E-state index in [1.54, 1.807) is 12.4 Å². The van der Waals surface area contributed by atoms with Gasteiger partial charge in [-0.2, -0.15) is 4.98 Å². The number of nitrogens with zero attached hydrogens (tertiary/aromatic N) is 6. The minimum Gasteiger partial charge on any atom is -0.377 e. The molecule has 8 nitrogen and oxygen atoms in total. The molecule has 0 spiro atoms. The van der Waals surface area contributed by atoms with E-state index in [1.807, 2.05) is 6.07 Å². The second kappa shape index (κ2) is 6.35. The normalized spacial score (nSPS) is 22.2. The fourth-order valence-electron chi connectivity index (χ4n) is 3.52. The Morgan fingerprint density at radius 1 is 1.19 bits per heavy atom. The molecule has 2 aliphatic heterocycles. The molecule has 0 saturated carbocycles. The Bertz CT molecular complexity index is 785. The van der Waals surface area contributed by atoms with Gasteiger partial charge in [0.25, 0.3) is 0 Å². The number of aromatic nitrogens is 4. The minimum absolute atomic E-state index is 0.259. The van der Waals surface area contributed by atoms with Crippen LogP contribution < -0.4 is 15.5 Å². The van der Waals surface area contributed by atoms with Crippen LogP contribution in [0.3, 0.4) is 0 Å². The Morgan fingerprint density at radius 2 is 1.92 bits per heavy atom. The molecule has 0 amide bonds. The van der Waals surface area contributed by atoms with Gasteiger partial charge in [0.1, 0.15) is 5.82 Å². The van der Waals surface area contributed by atoms with Crippen molar-refractivity contribution in [3.05, 3.63) is 18.5 Å². The fourth-order valence-corrected chi connectivity index (χ4v) is 3.52. The number of rotatable bonds is 3. The first-order valence-electron chi connectivity index (χ1n) is 8.98. The maximum absolute atomic E-state index is 5.62. The van der Waals surface area contributed by atoms with Crippen LogP contribution in [0, 0.1) is 5.41 Å². The van der Waals surface area contributed by atoms with Crippen molar-refractivity contribution in [1.29, 1.82) is 0 Å². The molecule has 2 N–H and O–H groups in total. The Morgan fingerprint density at radius 3 is 2.58 bits per heavy atom. The molecule has 0 aliphatic carbocycles. The molecule has 0 bridgehead atoms. The van der Waals surface area contributed by atoms with Crippen molar-refractivity contribution in [3.63, 3.8) is 0 Å². The van der Waals surface area contributed by atoms with E-state index < -0.39 is 0 Å². The summed E-state index contributed by atoms with van der Waals surface area (Å²) in [6.45, 7) is 10.8. The molecule has 0 unspecified atom stereocenters. The van der Waals surface area contributed by atoms with E-state index in [0.717, 1.165) is 42.7 Å². The topological polar surface area (TPSA) is 93.3 Å². The molecule has 2 aliphatic rings. The lowest BCUT2D eigenvalue weighted by Crippen LogP contribution is -2.54. The van der Waals surface area contributed by atoms with Gasteiger partial charge in [-0.1, -0.05) is 13.8 Å². The standard InChI is InChI=1S/C18H25N7O/c1-12-9-26-5-4-25(12)15-6-14(13-7-20-16(19)21-8-13)22-17(23-15)24-10-18(2,3)11-24/h6-8,12H,4-5,9-11H2,1-3H3,(H2,19,20,21)/t12-/m0/s1. The van der Waals surface area contributed by atoms with Gasteiger partial charge in [0.05, 0.1) is 24.9 Å². The molecule has 1 atom stereocenters. The van der Waals surface area contributed by atoms with Crippen molar-refractivity contribution in [1.82, 2.24) is 19.9 Å². The third-order valence-electron chi connectivity index (χ3n) is 4.85. The molecule has 2 aromatic heterocycles. The Kier molecular flexibility index (Phi) is 4.14. The van der Waals surface area contributed by atoms with Gasteiger partial charge in [-0.15, -0.1) is 0 Å². The van der Waals surface area contributed by atoms with Crippen LogP contribution in [0.25, 0.3) is 11.3 Å². The number of nitrogens with two attached hydrogens (primary N) is 1. The van der Waals surface area contributed by atoms with Crippen LogP contribution in [-0.2, 0) is 4.74 Å². The molecular weight excluding hydrogens is 330 g/mol. The van der Waals surface area contributed by atoms with Crippen molar-refractivity contribution in [2.75, 3.05) is 48.4 Å². The lowest BCUT2D eigenvalue weighted by molar-refractivity contribution is 0.0985. The summed E-state index contributed by atoms with van der Waals surface area (Å²) in [6.07, 6.45) is 3.42. The summed E-state index contributed by atoms with van der Waals surface area (Å²) in [6, 6.07) is 2.28. The van der Waals surface area contributed by atoms with Crippen molar-refractivity contribution in [3.8, 4) is 11.3 Å². The van der Waals surface area contributed by atoms with Crippen molar-refractivity contribution in [2.45, 2.75) is 26.8 Å². The zero-order valence-corrected chi connectivity index (χ0v) is 15.5. The smallest absolute Gasteiger partial charge is 0.227 e. The van der Waals surface area contributed by atoms with Gasteiger partial charge >= 0.3 is 0 Å². The van der Waals surface area contributed by atoms with Gasteiger partial charge in [-0.3, -0.25) is 0 Å². The SMILES string of the molecule is C[C@H]1COCCN1c1cc(-c2cnc(N)nc2)nc(N2CC(C)(C)C2)n1. The van der Waals surface area contributed by atoms with Crippen molar-refractivity contribution < 1.29 is 4.74 Å². The Hall–Kier alpha value is -2.48. The van der Waals surface area contributed by atoms with E-state index in [0.29, 0.717) is 18.6 Å². The lowest BCUT2D eigenvalue weighted by atomic mass is 9.85. The minimum atomic E-state index is 0.259. The monoisotopic (exact) mass is 355 g/mol. The summed E-state index contributed by atoms with van der Waals surface area (Å²) < 4.78 is 5.57. The third-order valence-corrected chi connectivity index (χ3v) is 4.85. The Labute approximate surface area is 153 Å². The molecule has 138 valence electrons. The van der Waals surface area contributed by atoms with Crippen molar-refractivity contribution >= 4 is 17.7 Å². The highest BCUT2D eigenvalue weighted by Crippen LogP contribution is 2.34. The van der Waals surface area contributed by atoms with Crippen LogP contribution in [0.1, 0.15) is 20.8 Å². The first-order valence-corrected chi connectivity index (χ1v) is 8.98. The lowest BCUT2D eigenvalue weighted by Gasteiger charge is -2.46. The molecule has 26 heavy (non-hydrogen) atoms. The summed E-state index contributed by atoms with van der Waals surface area (Å²) >= 11 is 0. The average molecular weight is 355 g/mol. The molecule has 2 saturated heterocycles. The van der Waals surface area contributed by atoms with Crippen LogP contribution in [0.5, 0.6) is 0 Å². The Balaban J connectivity index is 1.73. The summed E-state index contributed by atoms with van der Waals surface area (Å²) in [5, 5.41) is 0. The fraction of sp³-hybridized carbons (Fsp3) is 0.556. The highest BCUT2D eigenvalue weighted by atomic mass is 16.5. The third kappa shape index (κ3) is 3.29. The van der Waals surface area contributed by atoms with Gasteiger partial charge in [0.2, 0.25) is 11.9 Å². The van der Waals surface area contributed by atoms with E-state index in [-0.39, 0.29) is 12.0 Å². The van der Waals surface area contributed by atoms with Gasteiger partial charge in [-0.25, -0.2) is 15.0 Å². The highest BCUT2D eigenvalue weighted by Gasteiger charge is 2.36. The molecule has 2 fully saturated rings. The largest absolute Gasteiger partial charge is 0.377 e. The van der Waals surface area contributed by atoms with Crippen LogP contribution in [0.15, 0.2) is 18.5 Å². The summed E-state index contributed by atoms with van der Waals surface area (Å²) in [4.78, 5) is 22.3. The van der Waals surface area contributed by atoms with Gasteiger partial charge in [0.15, 0.2) is 0 Å². The summed E-state index contributed by atoms with van der Waals surface area (Å²) in [5.41, 5.74) is 7.58. The first-order chi connectivity index (χ1) is 12.4. The number of ether oxygens (including phenoxy) is 1. The number of anilines is 3. The molecule has 2 aromatic rings. The van der Waals surface area contributed by atoms with Crippen LogP contribution >= 0.6 is 0 Å². The van der Waals surface area contributed by atoms with E-state index in [2.05, 4.69) is 40.5 Å². The molecule has 4 heterocycles. The van der Waals surface area contributed by atoms with Crippen LogP contribution in [0.2, 0.25) is 0 Å². The van der Waals surface area contributed by atoms with Gasteiger partial charge in [0, 0.05) is 43.7 Å². The number of hydrogen-bond donors (Lipinski definition) is 1. The predicted octanol–water partition coefficient (Wildman–Crippen LogP) is 1.59. The average Bonchev–Trinajstić information content (AvgIpc) is 2.60. The molecular formula is C18H25N7O. The molecule has 0 radical (unpaired) electrons. The molecule has 0 aromatic carbocycles. The highest BCUT2D eigenvalue weighted by molar-refractivity contribution is 5.64. The van der Waals surface area contributed by atoms with E-state index in [1.165, 1.54) is 0 Å². The number of hydrogen-bond acceptors (Lipinski definition) is 8. The van der Waals surface area contributed by atoms with Crippen LogP contribution in [0.4, 0.5) is 17.7 Å². The van der Waals surface area contributed by atoms with Crippen LogP contribution in [-0.4, -0.2) is 58.8 Å². The zero-order valence-electron chi connectivity index (χ0n) is 15.5. The maximum Gasteiger partial charge on any atom is 0.227 e. The summed E-state index contributed by atoms with van der Waals surface area (Å²) in [5.74, 6) is 1.93. The molecule has 4 rings (SSSR count). The number of morpholine rings is 1. The maximum atomic E-state index is 5.62. The molecule has 8 heteroatoms. The number of nitrogen functional groups attached to an aromatic ring is 1. The van der Waals surface area contributed by atoms with Gasteiger partial charge < -0.3 is 20.3 Å². The summed E-state index contributed by atoms with van der Waals surface area (Å²) in [7, 11) is 0. The second-order valence-corrected chi connectivity index (χ2v) is 7.88. The van der Waals surface area contributed by atoms with E-state index in [4.69, 9.17) is 20.4 Å². The predicted molar refractivity (Wildman–Crippen MR) is 101 cm³/mol. The first kappa shape index (κ1) is 17.0. The van der Waals surface area contributed by atoms with E-state index in [9.17, 15) is 0 Å². The van der Waals surface area contributed by atoms with E-state index >= 15 is 0 Å².